The van der Waals surface area contributed by atoms with Crippen LogP contribution in [0, 0.1) is 0 Å². The molecule has 1 aliphatic carbocycles. The van der Waals surface area contributed by atoms with Gasteiger partial charge in [-0.25, -0.2) is 0 Å². The Hall–Kier alpha value is -3.22. The van der Waals surface area contributed by atoms with E-state index in [0.29, 0.717) is 29.3 Å². The molecule has 7 heteroatoms. The maximum Gasteiger partial charge on any atom is 0.276 e. The molecule has 0 bridgehead atoms. The van der Waals surface area contributed by atoms with Crippen LogP contribution in [0.4, 0.5) is 5.69 Å². The Morgan fingerprint density at radius 2 is 2.00 bits per heavy atom. The molecule has 1 atom stereocenters. The number of hydrogen-bond acceptors (Lipinski definition) is 4. The smallest absolute Gasteiger partial charge is 0.276 e. The van der Waals surface area contributed by atoms with E-state index in [-0.39, 0.29) is 17.9 Å². The van der Waals surface area contributed by atoms with Crippen LogP contribution in [0.25, 0.3) is 11.1 Å². The van der Waals surface area contributed by atoms with Crippen molar-refractivity contribution in [2.75, 3.05) is 12.0 Å². The van der Waals surface area contributed by atoms with Gasteiger partial charge >= 0.3 is 0 Å². The number of fused-ring (bicyclic) bond motifs is 3. The summed E-state index contributed by atoms with van der Waals surface area (Å²) < 4.78 is 12.8. The number of benzene rings is 1. The largest absolute Gasteiger partial charge is 0.497 e. The lowest BCUT2D eigenvalue weighted by molar-refractivity contribution is -0.127. The van der Waals surface area contributed by atoms with Crippen molar-refractivity contribution in [2.45, 2.75) is 57.2 Å². The molecule has 1 unspecified atom stereocenters. The number of rotatable bonds is 4. The zero-order chi connectivity index (χ0) is 21.6. The summed E-state index contributed by atoms with van der Waals surface area (Å²) in [6.45, 7) is 2.18. The molecule has 3 aromatic rings. The lowest BCUT2D eigenvalue weighted by atomic mass is 9.91. The first kappa shape index (κ1) is 19.7. The zero-order valence-electron chi connectivity index (χ0n) is 17.9. The second-order valence-electron chi connectivity index (χ2n) is 8.71. The molecule has 1 aromatic carbocycles. The number of nitrogens with one attached hydrogen (secondary N) is 1. The summed E-state index contributed by atoms with van der Waals surface area (Å²) in [7, 11) is 1.59. The van der Waals surface area contributed by atoms with Crippen LogP contribution in [-0.4, -0.2) is 35.1 Å². The van der Waals surface area contributed by atoms with Gasteiger partial charge in [0.05, 0.1) is 25.4 Å². The fraction of sp³-hybridized carbons (Fsp3) is 0.417. The monoisotopic (exact) mass is 421 g/mol. The third kappa shape index (κ3) is 3.19. The van der Waals surface area contributed by atoms with Crippen LogP contribution in [0.3, 0.4) is 0 Å². The molecule has 0 spiro atoms. The molecule has 2 aliphatic rings. The number of ether oxygens (including phenoxy) is 1. The lowest BCUT2D eigenvalue weighted by Crippen LogP contribution is -2.65. The molecule has 7 nitrogen and oxygen atoms in total. The fourth-order valence-electron chi connectivity index (χ4n) is 4.95. The summed E-state index contributed by atoms with van der Waals surface area (Å²) >= 11 is 0. The molecule has 31 heavy (non-hydrogen) atoms. The molecule has 1 fully saturated rings. The maximum absolute atomic E-state index is 13.7. The van der Waals surface area contributed by atoms with Gasteiger partial charge in [-0.05, 0) is 31.9 Å². The number of furan rings is 1. The SMILES string of the molecule is COc1cccc(N2C(=O)c3cc4occc4n3CC2(C)C(=O)NC2CCCCC2)c1. The highest BCUT2D eigenvalue weighted by molar-refractivity contribution is 6.13. The van der Waals surface area contributed by atoms with Crippen molar-refractivity contribution in [1.29, 1.82) is 0 Å². The Kier molecular flexibility index (Phi) is 4.76. The van der Waals surface area contributed by atoms with E-state index in [0.717, 1.165) is 31.2 Å². The predicted molar refractivity (Wildman–Crippen MR) is 117 cm³/mol. The summed E-state index contributed by atoms with van der Waals surface area (Å²) in [5.41, 5.74) is 1.52. The molecule has 2 aromatic heterocycles. The van der Waals surface area contributed by atoms with Gasteiger partial charge in [-0.1, -0.05) is 25.3 Å². The van der Waals surface area contributed by atoms with Crippen molar-refractivity contribution in [3.63, 3.8) is 0 Å². The highest BCUT2D eigenvalue weighted by Crippen LogP contribution is 2.37. The van der Waals surface area contributed by atoms with Crippen LogP contribution in [0.2, 0.25) is 0 Å². The molecule has 2 amide bonds. The van der Waals surface area contributed by atoms with Crippen LogP contribution in [0.1, 0.15) is 49.5 Å². The first-order chi connectivity index (χ1) is 15.0. The Balaban J connectivity index is 1.60. The minimum Gasteiger partial charge on any atom is -0.497 e. The van der Waals surface area contributed by atoms with E-state index in [9.17, 15) is 9.59 Å². The minimum atomic E-state index is -1.10. The summed E-state index contributed by atoms with van der Waals surface area (Å²) in [6, 6.07) is 11.0. The van der Waals surface area contributed by atoms with Gasteiger partial charge in [0, 0.05) is 29.9 Å². The molecule has 3 heterocycles. The Morgan fingerprint density at radius 1 is 1.19 bits per heavy atom. The molecular weight excluding hydrogens is 394 g/mol. The first-order valence-corrected chi connectivity index (χ1v) is 10.9. The summed E-state index contributed by atoms with van der Waals surface area (Å²) in [5.74, 6) is 0.272. The number of hydrogen-bond donors (Lipinski definition) is 1. The van der Waals surface area contributed by atoms with Gasteiger partial charge in [0.1, 0.15) is 17.0 Å². The number of carbonyl (C=O) groups excluding carboxylic acids is 2. The van der Waals surface area contributed by atoms with Crippen molar-refractivity contribution < 1.29 is 18.7 Å². The van der Waals surface area contributed by atoms with E-state index < -0.39 is 5.54 Å². The van der Waals surface area contributed by atoms with E-state index in [1.165, 1.54) is 6.42 Å². The van der Waals surface area contributed by atoms with E-state index in [1.807, 2.05) is 35.8 Å². The van der Waals surface area contributed by atoms with Crippen molar-refractivity contribution in [1.82, 2.24) is 9.88 Å². The van der Waals surface area contributed by atoms with E-state index >= 15 is 0 Å². The van der Waals surface area contributed by atoms with Crippen molar-refractivity contribution in [3.8, 4) is 5.75 Å². The molecule has 1 saturated carbocycles. The number of nitrogens with zero attached hydrogens (tertiary/aromatic N) is 2. The molecule has 1 aliphatic heterocycles. The van der Waals surface area contributed by atoms with Crippen LogP contribution in [0.5, 0.6) is 5.75 Å². The zero-order valence-corrected chi connectivity index (χ0v) is 17.9. The van der Waals surface area contributed by atoms with Gasteiger partial charge in [0.2, 0.25) is 5.91 Å². The Bertz CT molecular complexity index is 1140. The predicted octanol–water partition coefficient (Wildman–Crippen LogP) is 4.11. The minimum absolute atomic E-state index is 0.133. The average Bonchev–Trinajstić information content (AvgIpc) is 3.37. The van der Waals surface area contributed by atoms with E-state index in [4.69, 9.17) is 9.15 Å². The van der Waals surface area contributed by atoms with E-state index in [2.05, 4.69) is 5.32 Å². The maximum atomic E-state index is 13.7. The fourth-order valence-corrected chi connectivity index (χ4v) is 4.95. The van der Waals surface area contributed by atoms with Crippen LogP contribution in [0.15, 0.2) is 47.1 Å². The van der Waals surface area contributed by atoms with Crippen molar-refractivity contribution >= 4 is 28.6 Å². The Morgan fingerprint density at radius 3 is 2.77 bits per heavy atom. The number of anilines is 1. The second-order valence-corrected chi connectivity index (χ2v) is 8.71. The summed E-state index contributed by atoms with van der Waals surface area (Å²) in [5, 5.41) is 3.24. The van der Waals surface area contributed by atoms with Crippen LogP contribution >= 0.6 is 0 Å². The summed E-state index contributed by atoms with van der Waals surface area (Å²) in [4.78, 5) is 29.1. The topological polar surface area (TPSA) is 76.7 Å². The molecule has 1 N–H and O–H groups in total. The first-order valence-electron chi connectivity index (χ1n) is 10.9. The molecular formula is C24H27N3O4. The van der Waals surface area contributed by atoms with Gasteiger partial charge in [0.15, 0.2) is 5.58 Å². The highest BCUT2D eigenvalue weighted by Gasteiger charge is 2.49. The van der Waals surface area contributed by atoms with Crippen LogP contribution in [-0.2, 0) is 11.3 Å². The number of aromatic nitrogens is 1. The van der Waals surface area contributed by atoms with E-state index in [1.54, 1.807) is 30.4 Å². The highest BCUT2D eigenvalue weighted by atomic mass is 16.5. The molecule has 5 rings (SSSR count). The third-order valence-corrected chi connectivity index (χ3v) is 6.65. The van der Waals surface area contributed by atoms with Crippen molar-refractivity contribution in [2.24, 2.45) is 0 Å². The number of amides is 2. The number of methoxy groups -OCH3 is 1. The molecule has 0 saturated heterocycles. The van der Waals surface area contributed by atoms with Crippen molar-refractivity contribution in [3.05, 3.63) is 48.4 Å². The normalized spacial score (nSPS) is 21.9. The quantitative estimate of drug-likeness (QED) is 0.688. The third-order valence-electron chi connectivity index (χ3n) is 6.65. The number of carbonyl (C=O) groups is 2. The average molecular weight is 421 g/mol. The summed E-state index contributed by atoms with van der Waals surface area (Å²) in [6.07, 6.45) is 7.03. The lowest BCUT2D eigenvalue weighted by Gasteiger charge is -2.44. The Labute approximate surface area is 180 Å². The van der Waals surface area contributed by atoms with Gasteiger partial charge in [-0.2, -0.15) is 0 Å². The van der Waals surface area contributed by atoms with Crippen LogP contribution < -0.4 is 15.0 Å². The van der Waals surface area contributed by atoms with Gasteiger partial charge in [-0.15, -0.1) is 0 Å². The van der Waals surface area contributed by atoms with Gasteiger partial charge in [0.25, 0.3) is 5.91 Å². The van der Waals surface area contributed by atoms with Gasteiger partial charge < -0.3 is 19.0 Å². The second kappa shape index (κ2) is 7.48. The standard InChI is InChI=1S/C24H27N3O4/c1-24(23(29)25-16-7-4-3-5-8-16)15-26-19-11-12-31-21(19)14-20(26)22(28)27(24)17-9-6-10-18(13-17)30-2/h6,9-14,16H,3-5,7-8,15H2,1-2H3,(H,25,29). The molecule has 162 valence electrons. The van der Waals surface area contributed by atoms with Gasteiger partial charge in [-0.3, -0.25) is 14.5 Å². The molecule has 0 radical (unpaired) electrons.